The van der Waals surface area contributed by atoms with Gasteiger partial charge in [0, 0.05) is 11.1 Å². The van der Waals surface area contributed by atoms with Crippen LogP contribution in [-0.4, -0.2) is 22.1 Å². The highest BCUT2D eigenvalue weighted by molar-refractivity contribution is 6.08. The molecule has 0 fully saturated rings. The lowest BCUT2D eigenvalue weighted by molar-refractivity contribution is 0.0744. The number of Topliss-reactive ketones (excluding diaryl/α,β-unsaturated/α-hetero) is 1. The second kappa shape index (κ2) is 4.72. The topological polar surface area (TPSA) is 66.8 Å². The Labute approximate surface area is 106 Å². The molecule has 0 amide bonds. The Morgan fingerprint density at radius 2 is 1.94 bits per heavy atom. The van der Waals surface area contributed by atoms with Crippen LogP contribution in [0, 0.1) is 6.92 Å². The maximum Gasteiger partial charge on any atom is 0.227 e. The maximum atomic E-state index is 12.1. The molecule has 1 unspecified atom stereocenters. The number of hydrogen-bond donors (Lipinski definition) is 2. The van der Waals surface area contributed by atoms with E-state index in [4.69, 9.17) is 4.74 Å². The normalized spacial score (nSPS) is 19.0. The molecule has 1 aromatic carbocycles. The quantitative estimate of drug-likeness (QED) is 0.790. The average Bonchev–Trinajstić information content (AvgIpc) is 2.34. The largest absolute Gasteiger partial charge is 0.508 e. The Morgan fingerprint density at radius 3 is 2.50 bits per heavy atom. The van der Waals surface area contributed by atoms with Gasteiger partial charge in [0.25, 0.3) is 0 Å². The van der Waals surface area contributed by atoms with Crippen molar-refractivity contribution in [3.8, 4) is 11.5 Å². The maximum absolute atomic E-state index is 12.1. The summed E-state index contributed by atoms with van der Waals surface area (Å²) in [5.74, 6) is -0.214. The van der Waals surface area contributed by atoms with Gasteiger partial charge in [0.2, 0.25) is 5.78 Å². The second-order valence-corrected chi connectivity index (χ2v) is 4.54. The lowest BCUT2D eigenvalue weighted by Crippen LogP contribution is -2.17. The minimum absolute atomic E-state index is 0.0154. The number of benzene rings is 1. The third-order valence-electron chi connectivity index (χ3n) is 3.07. The second-order valence-electron chi connectivity index (χ2n) is 4.54. The number of ether oxygens (including phenoxy) is 1. The molecule has 1 aliphatic heterocycles. The van der Waals surface area contributed by atoms with E-state index < -0.39 is 0 Å². The first kappa shape index (κ1) is 12.5. The summed E-state index contributed by atoms with van der Waals surface area (Å²) in [6.07, 6.45) is 3.45. The minimum Gasteiger partial charge on any atom is -0.508 e. The van der Waals surface area contributed by atoms with Gasteiger partial charge in [0.05, 0.1) is 6.10 Å². The number of aromatic hydroxyl groups is 2. The molecule has 0 bridgehead atoms. The molecular weight excluding hydrogens is 232 g/mol. The fourth-order valence-corrected chi connectivity index (χ4v) is 1.88. The molecule has 2 N–H and O–H groups in total. The summed E-state index contributed by atoms with van der Waals surface area (Å²) in [6, 6.07) is 2.70. The first-order valence-corrected chi connectivity index (χ1v) is 5.93. The van der Waals surface area contributed by atoms with Crippen molar-refractivity contribution in [2.45, 2.75) is 32.8 Å². The number of ketones is 1. The van der Waals surface area contributed by atoms with Gasteiger partial charge in [0.1, 0.15) is 11.5 Å². The van der Waals surface area contributed by atoms with Crippen LogP contribution in [0.15, 0.2) is 24.0 Å². The highest BCUT2D eigenvalue weighted by Crippen LogP contribution is 2.29. The molecular formula is C14H16O4. The fraction of sp³-hybridized carbons (Fsp3) is 0.357. The molecule has 0 saturated carbocycles. The summed E-state index contributed by atoms with van der Waals surface area (Å²) in [7, 11) is 0. The van der Waals surface area contributed by atoms with Crippen LogP contribution in [0.25, 0.3) is 0 Å². The molecule has 96 valence electrons. The van der Waals surface area contributed by atoms with Gasteiger partial charge in [-0.25, -0.2) is 0 Å². The lowest BCUT2D eigenvalue weighted by Gasteiger charge is -2.20. The van der Waals surface area contributed by atoms with Gasteiger partial charge >= 0.3 is 0 Å². The van der Waals surface area contributed by atoms with E-state index in [1.54, 1.807) is 13.0 Å². The Bertz CT molecular complexity index is 494. The summed E-state index contributed by atoms with van der Waals surface area (Å²) in [5, 5.41) is 19.2. The molecule has 2 rings (SSSR count). The number of carbonyl (C=O) groups excluding carboxylic acids is 1. The van der Waals surface area contributed by atoms with E-state index in [0.717, 1.165) is 12.8 Å². The van der Waals surface area contributed by atoms with E-state index in [0.29, 0.717) is 5.56 Å². The summed E-state index contributed by atoms with van der Waals surface area (Å²) < 4.78 is 5.46. The Hall–Kier alpha value is -1.97. The van der Waals surface area contributed by atoms with Gasteiger partial charge in [-0.2, -0.15) is 0 Å². The zero-order valence-electron chi connectivity index (χ0n) is 10.4. The summed E-state index contributed by atoms with van der Waals surface area (Å²) >= 11 is 0. The monoisotopic (exact) mass is 248 g/mol. The SMILES string of the molecule is Cc1c(O)cc(C(=O)C2=CCCC(C)O2)cc1O. The number of carbonyl (C=O) groups is 1. The average molecular weight is 248 g/mol. The highest BCUT2D eigenvalue weighted by Gasteiger charge is 2.21. The third-order valence-corrected chi connectivity index (χ3v) is 3.07. The van der Waals surface area contributed by atoms with Gasteiger partial charge in [-0.15, -0.1) is 0 Å². The number of hydrogen-bond acceptors (Lipinski definition) is 4. The van der Waals surface area contributed by atoms with E-state index in [1.807, 2.05) is 6.92 Å². The van der Waals surface area contributed by atoms with Crippen molar-refractivity contribution in [2.75, 3.05) is 0 Å². The molecule has 0 saturated heterocycles. The number of rotatable bonds is 2. The van der Waals surface area contributed by atoms with Crippen molar-refractivity contribution in [2.24, 2.45) is 0 Å². The van der Waals surface area contributed by atoms with Crippen molar-refractivity contribution >= 4 is 5.78 Å². The van der Waals surface area contributed by atoms with Crippen molar-refractivity contribution in [3.63, 3.8) is 0 Å². The Morgan fingerprint density at radius 1 is 1.33 bits per heavy atom. The predicted molar refractivity (Wildman–Crippen MR) is 66.7 cm³/mol. The highest BCUT2D eigenvalue weighted by atomic mass is 16.5. The van der Waals surface area contributed by atoms with Gasteiger partial charge in [-0.05, 0) is 44.9 Å². The van der Waals surface area contributed by atoms with Crippen LogP contribution in [0.3, 0.4) is 0 Å². The molecule has 0 aromatic heterocycles. The van der Waals surface area contributed by atoms with Gasteiger partial charge in [-0.3, -0.25) is 4.79 Å². The van der Waals surface area contributed by atoms with E-state index in [9.17, 15) is 15.0 Å². The van der Waals surface area contributed by atoms with Gasteiger partial charge < -0.3 is 14.9 Å². The molecule has 1 heterocycles. The smallest absolute Gasteiger partial charge is 0.227 e. The van der Waals surface area contributed by atoms with Crippen LogP contribution in [0.5, 0.6) is 11.5 Å². The molecule has 4 nitrogen and oxygen atoms in total. The van der Waals surface area contributed by atoms with Gasteiger partial charge in [0.15, 0.2) is 5.76 Å². The van der Waals surface area contributed by atoms with Crippen LogP contribution < -0.4 is 0 Å². The summed E-state index contributed by atoms with van der Waals surface area (Å²) in [6.45, 7) is 3.49. The van der Waals surface area contributed by atoms with Crippen molar-refractivity contribution < 1.29 is 19.7 Å². The minimum atomic E-state index is -0.313. The predicted octanol–water partition coefficient (Wildman–Crippen LogP) is 2.67. The zero-order chi connectivity index (χ0) is 13.3. The third kappa shape index (κ3) is 2.32. The standard InChI is InChI=1S/C14H16O4/c1-8-4-3-5-13(18-8)14(17)10-6-11(15)9(2)12(16)7-10/h5-8,15-16H,3-4H2,1-2H3. The number of phenols is 2. The summed E-state index contributed by atoms with van der Waals surface area (Å²) in [5.41, 5.74) is 0.592. The first-order valence-electron chi connectivity index (χ1n) is 5.93. The molecule has 1 aliphatic rings. The van der Waals surface area contributed by atoms with Crippen LogP contribution in [0.4, 0.5) is 0 Å². The Kier molecular flexibility index (Phi) is 3.28. The van der Waals surface area contributed by atoms with Gasteiger partial charge in [-0.1, -0.05) is 0 Å². The Balaban J connectivity index is 2.32. The van der Waals surface area contributed by atoms with Crippen molar-refractivity contribution in [1.29, 1.82) is 0 Å². The first-order chi connectivity index (χ1) is 8.49. The van der Waals surface area contributed by atoms with E-state index in [2.05, 4.69) is 0 Å². The van der Waals surface area contributed by atoms with E-state index in [-0.39, 0.29) is 34.7 Å². The number of phenolic OH excluding ortho intramolecular Hbond substituents is 2. The van der Waals surface area contributed by atoms with Crippen LogP contribution >= 0.6 is 0 Å². The van der Waals surface area contributed by atoms with Crippen LogP contribution in [0.2, 0.25) is 0 Å². The molecule has 18 heavy (non-hydrogen) atoms. The molecule has 1 atom stereocenters. The summed E-state index contributed by atoms with van der Waals surface area (Å²) in [4.78, 5) is 12.1. The van der Waals surface area contributed by atoms with Crippen LogP contribution in [0.1, 0.15) is 35.7 Å². The van der Waals surface area contributed by atoms with Crippen molar-refractivity contribution in [1.82, 2.24) is 0 Å². The van der Waals surface area contributed by atoms with Crippen molar-refractivity contribution in [3.05, 3.63) is 35.1 Å². The lowest BCUT2D eigenvalue weighted by atomic mass is 10.0. The van der Waals surface area contributed by atoms with E-state index >= 15 is 0 Å². The fourth-order valence-electron chi connectivity index (χ4n) is 1.88. The van der Waals surface area contributed by atoms with E-state index in [1.165, 1.54) is 12.1 Å². The molecule has 0 spiro atoms. The van der Waals surface area contributed by atoms with Crippen LogP contribution in [-0.2, 0) is 4.74 Å². The molecule has 0 radical (unpaired) electrons. The zero-order valence-corrected chi connectivity index (χ0v) is 10.4. The number of allylic oxidation sites excluding steroid dienone is 2. The molecule has 1 aromatic rings. The molecule has 4 heteroatoms. The molecule has 0 aliphatic carbocycles.